The van der Waals surface area contributed by atoms with Gasteiger partial charge in [0.2, 0.25) is 5.91 Å². The molecule has 0 radical (unpaired) electrons. The van der Waals surface area contributed by atoms with E-state index in [-0.39, 0.29) is 36.5 Å². The highest BCUT2D eigenvalue weighted by Gasteiger charge is 2.35. The highest BCUT2D eigenvalue weighted by Crippen LogP contribution is 2.28. The number of hydrogen-bond acceptors (Lipinski definition) is 8. The molecule has 1 aliphatic carbocycles. The first-order valence-corrected chi connectivity index (χ1v) is 18.0. The molecule has 252 valence electrons. The Kier molecular flexibility index (Phi) is 12.7. The lowest BCUT2D eigenvalue weighted by Crippen LogP contribution is -2.53. The topological polar surface area (TPSA) is 126 Å². The zero-order chi connectivity index (χ0) is 33.7. The minimum Gasteiger partial charge on any atom is -0.444 e. The first kappa shape index (κ1) is 34.8. The van der Waals surface area contributed by atoms with E-state index in [1.54, 1.807) is 22.1 Å². The fourth-order valence-corrected chi connectivity index (χ4v) is 6.30. The highest BCUT2D eigenvalue weighted by atomic mass is 32.1. The summed E-state index contributed by atoms with van der Waals surface area (Å²) >= 11 is 2.92. The number of urea groups is 1. The fourth-order valence-electron chi connectivity index (χ4n) is 5.25. The van der Waals surface area contributed by atoms with Crippen LogP contribution >= 0.6 is 22.7 Å². The Morgan fingerprint density at radius 2 is 1.73 bits per heavy atom. The third kappa shape index (κ3) is 11.0. The molecule has 12 heteroatoms. The number of benzene rings is 2. The smallest absolute Gasteiger partial charge is 0.407 e. The standard InChI is InChI=1S/C36H42N6O4S2/c1-25(2)33(41-35(44)42(31-15-16-31)20-30-22-47-24-38-30)34(43)39-28(17-26-9-5-3-6-10-26)13-14-29(18-27-11-7-4-8-12-27)40-36(45)46-21-32-19-37-23-48-32/h3-13,19,22-25,29,31,33H,14-18,20-21H2,1-2H3,(H,39,43)(H,40,45)(H,41,44)/b28-13+. The molecule has 0 spiro atoms. The van der Waals surface area contributed by atoms with Gasteiger partial charge in [0.25, 0.3) is 0 Å². The second-order valence-corrected chi connectivity index (χ2v) is 13.9. The maximum absolute atomic E-state index is 13.9. The number of hydrogen-bond donors (Lipinski definition) is 3. The number of allylic oxidation sites excluding steroid dienone is 1. The molecule has 3 N–H and O–H groups in total. The minimum atomic E-state index is -0.756. The van der Waals surface area contributed by atoms with Gasteiger partial charge in [-0.2, -0.15) is 0 Å². The molecule has 1 aliphatic rings. The van der Waals surface area contributed by atoms with Crippen molar-refractivity contribution in [3.63, 3.8) is 0 Å². The minimum absolute atomic E-state index is 0.143. The van der Waals surface area contributed by atoms with Gasteiger partial charge in [-0.05, 0) is 42.7 Å². The van der Waals surface area contributed by atoms with E-state index in [1.165, 1.54) is 22.7 Å². The number of rotatable bonds is 16. The van der Waals surface area contributed by atoms with Gasteiger partial charge in [0.05, 0.1) is 28.1 Å². The molecular weight excluding hydrogens is 645 g/mol. The predicted octanol–water partition coefficient (Wildman–Crippen LogP) is 6.47. The zero-order valence-electron chi connectivity index (χ0n) is 27.2. The van der Waals surface area contributed by atoms with Gasteiger partial charge in [0.15, 0.2) is 0 Å². The van der Waals surface area contributed by atoms with Crippen LogP contribution in [0.5, 0.6) is 0 Å². The molecule has 10 nitrogen and oxygen atoms in total. The van der Waals surface area contributed by atoms with Crippen molar-refractivity contribution in [1.82, 2.24) is 30.8 Å². The van der Waals surface area contributed by atoms with Crippen molar-refractivity contribution < 1.29 is 19.1 Å². The number of ether oxygens (including phenoxy) is 1. The molecule has 0 saturated heterocycles. The van der Waals surface area contributed by atoms with Gasteiger partial charge >= 0.3 is 12.1 Å². The molecule has 48 heavy (non-hydrogen) atoms. The van der Waals surface area contributed by atoms with E-state index in [0.29, 0.717) is 31.5 Å². The molecule has 1 fully saturated rings. The summed E-state index contributed by atoms with van der Waals surface area (Å²) in [4.78, 5) is 51.2. The van der Waals surface area contributed by atoms with Gasteiger partial charge in [-0.15, -0.1) is 22.7 Å². The highest BCUT2D eigenvalue weighted by molar-refractivity contribution is 7.09. The van der Waals surface area contributed by atoms with E-state index in [4.69, 9.17) is 4.74 Å². The van der Waals surface area contributed by atoms with Gasteiger partial charge in [0.1, 0.15) is 12.6 Å². The number of aromatic nitrogens is 2. The SMILES string of the molecule is CC(C)C(NC(=O)N(Cc1cscn1)C1CC1)C(=O)N/C(=C/CC(Cc1ccccc1)NC(=O)OCc1cncs1)Cc1ccccc1. The molecule has 2 unspecified atom stereocenters. The van der Waals surface area contributed by atoms with E-state index < -0.39 is 12.1 Å². The summed E-state index contributed by atoms with van der Waals surface area (Å²) in [6.07, 6.45) is 6.48. The number of amides is 4. The van der Waals surface area contributed by atoms with Crippen LogP contribution in [0.2, 0.25) is 0 Å². The van der Waals surface area contributed by atoms with Crippen LogP contribution in [-0.4, -0.2) is 51.0 Å². The Morgan fingerprint density at radius 3 is 2.35 bits per heavy atom. The van der Waals surface area contributed by atoms with Crippen molar-refractivity contribution in [1.29, 1.82) is 0 Å². The second kappa shape index (κ2) is 17.6. The first-order chi connectivity index (χ1) is 23.3. The maximum Gasteiger partial charge on any atom is 0.407 e. The van der Waals surface area contributed by atoms with Crippen LogP contribution in [0.3, 0.4) is 0 Å². The van der Waals surface area contributed by atoms with Crippen LogP contribution in [0, 0.1) is 5.92 Å². The molecule has 2 aromatic heterocycles. The number of thiazole rings is 2. The largest absolute Gasteiger partial charge is 0.444 e. The lowest BCUT2D eigenvalue weighted by molar-refractivity contribution is -0.123. The van der Waals surface area contributed by atoms with Crippen molar-refractivity contribution in [2.75, 3.05) is 0 Å². The van der Waals surface area contributed by atoms with Crippen molar-refractivity contribution in [3.8, 4) is 0 Å². The van der Waals surface area contributed by atoms with Crippen LogP contribution in [-0.2, 0) is 35.5 Å². The fraction of sp³-hybridized carbons (Fsp3) is 0.361. The Bertz CT molecular complexity index is 1610. The second-order valence-electron chi connectivity index (χ2n) is 12.2. The average molecular weight is 687 g/mol. The van der Waals surface area contributed by atoms with Crippen molar-refractivity contribution in [2.45, 2.75) is 77.2 Å². The number of carbonyl (C=O) groups is 3. The molecular formula is C36H42N6O4S2. The summed E-state index contributed by atoms with van der Waals surface area (Å²) in [6, 6.07) is 18.6. The summed E-state index contributed by atoms with van der Waals surface area (Å²) in [5.41, 5.74) is 7.07. The van der Waals surface area contributed by atoms with Gasteiger partial charge in [-0.3, -0.25) is 9.78 Å². The number of carbonyl (C=O) groups excluding carboxylic acids is 3. The Morgan fingerprint density at radius 1 is 1.00 bits per heavy atom. The van der Waals surface area contributed by atoms with Crippen molar-refractivity contribution >= 4 is 40.7 Å². The quantitative estimate of drug-likeness (QED) is 0.124. The molecule has 2 atom stereocenters. The monoisotopic (exact) mass is 686 g/mol. The van der Waals surface area contributed by atoms with E-state index >= 15 is 0 Å². The van der Waals surface area contributed by atoms with Crippen molar-refractivity contribution in [3.05, 3.63) is 117 Å². The number of alkyl carbamates (subject to hydrolysis) is 1. The summed E-state index contributed by atoms with van der Waals surface area (Å²) in [7, 11) is 0. The summed E-state index contributed by atoms with van der Waals surface area (Å²) < 4.78 is 5.47. The van der Waals surface area contributed by atoms with E-state index in [2.05, 4.69) is 25.9 Å². The number of nitrogens with one attached hydrogen (secondary N) is 3. The van der Waals surface area contributed by atoms with E-state index in [0.717, 1.165) is 34.5 Å². The summed E-state index contributed by atoms with van der Waals surface area (Å²) in [5, 5.41) is 11.1. The van der Waals surface area contributed by atoms with Gasteiger partial charge in [0, 0.05) is 35.8 Å². The van der Waals surface area contributed by atoms with Gasteiger partial charge in [-0.25, -0.2) is 14.6 Å². The molecule has 2 aromatic carbocycles. The normalized spacial score (nSPS) is 14.2. The molecule has 4 amide bonds. The maximum atomic E-state index is 13.9. The van der Waals surface area contributed by atoms with Crippen molar-refractivity contribution in [2.24, 2.45) is 5.92 Å². The zero-order valence-corrected chi connectivity index (χ0v) is 28.8. The van der Waals surface area contributed by atoms with Gasteiger partial charge in [-0.1, -0.05) is 80.6 Å². The van der Waals surface area contributed by atoms with E-state index in [1.807, 2.05) is 86.0 Å². The average Bonchev–Trinajstić information content (AvgIpc) is 3.52. The Labute approximate surface area is 289 Å². The van der Waals surface area contributed by atoms with E-state index in [9.17, 15) is 14.4 Å². The first-order valence-electron chi connectivity index (χ1n) is 16.2. The third-order valence-corrected chi connectivity index (χ3v) is 9.33. The predicted molar refractivity (Wildman–Crippen MR) is 188 cm³/mol. The lowest BCUT2D eigenvalue weighted by Gasteiger charge is -2.28. The lowest BCUT2D eigenvalue weighted by atomic mass is 10.0. The number of nitrogens with zero attached hydrogens (tertiary/aromatic N) is 3. The molecule has 4 aromatic rings. The molecule has 2 heterocycles. The molecule has 1 saturated carbocycles. The Balaban J connectivity index is 1.30. The molecule has 5 rings (SSSR count). The third-order valence-electron chi connectivity index (χ3n) is 7.94. The van der Waals surface area contributed by atoms with Crippen LogP contribution < -0.4 is 16.0 Å². The summed E-state index contributed by atoms with van der Waals surface area (Å²) in [5.74, 6) is -0.450. The molecule has 0 bridgehead atoms. The van der Waals surface area contributed by atoms with Crippen LogP contribution in [0.25, 0.3) is 0 Å². The van der Waals surface area contributed by atoms with Gasteiger partial charge < -0.3 is 25.6 Å². The summed E-state index contributed by atoms with van der Waals surface area (Å²) in [6.45, 7) is 4.40. The van der Waals surface area contributed by atoms with Crippen LogP contribution in [0.4, 0.5) is 9.59 Å². The molecule has 0 aliphatic heterocycles. The van der Waals surface area contributed by atoms with Crippen LogP contribution in [0.1, 0.15) is 54.8 Å². The Hall–Kier alpha value is -4.55. The van der Waals surface area contributed by atoms with Crippen LogP contribution in [0.15, 0.2) is 95.0 Å².